The van der Waals surface area contributed by atoms with E-state index in [2.05, 4.69) is 37.9 Å². The molecular formula is C12H26N2. The maximum absolute atomic E-state index is 3.70. The first-order valence-corrected chi connectivity index (χ1v) is 6.16. The smallest absolute Gasteiger partial charge is 0.0304 e. The van der Waals surface area contributed by atoms with Crippen LogP contribution in [0.2, 0.25) is 0 Å². The lowest BCUT2D eigenvalue weighted by Crippen LogP contribution is -2.61. The fraction of sp³-hybridized carbons (Fsp3) is 1.00. The first-order chi connectivity index (χ1) is 6.67. The zero-order valence-corrected chi connectivity index (χ0v) is 10.3. The molecule has 0 aromatic heterocycles. The molecule has 1 heterocycles. The van der Waals surface area contributed by atoms with Crippen molar-refractivity contribution in [2.45, 2.75) is 58.5 Å². The van der Waals surface area contributed by atoms with Gasteiger partial charge >= 0.3 is 0 Å². The summed E-state index contributed by atoms with van der Waals surface area (Å²) in [4.78, 5) is 2.64. The van der Waals surface area contributed by atoms with E-state index in [0.717, 1.165) is 12.6 Å². The van der Waals surface area contributed by atoms with Crippen molar-refractivity contribution in [2.24, 2.45) is 0 Å². The Morgan fingerprint density at radius 2 is 1.93 bits per heavy atom. The average Bonchev–Trinajstić information content (AvgIpc) is 2.28. The average molecular weight is 198 g/mol. The lowest BCUT2D eigenvalue weighted by atomic mass is 9.89. The summed E-state index contributed by atoms with van der Waals surface area (Å²) in [6, 6.07) is 0.745. The molecule has 0 aromatic rings. The lowest BCUT2D eigenvalue weighted by Gasteiger charge is -2.45. The Kier molecular flexibility index (Phi) is 4.39. The van der Waals surface area contributed by atoms with Crippen LogP contribution in [0.5, 0.6) is 0 Å². The Labute approximate surface area is 89.1 Å². The maximum atomic E-state index is 3.70. The van der Waals surface area contributed by atoms with Crippen molar-refractivity contribution >= 4 is 0 Å². The molecule has 2 heteroatoms. The van der Waals surface area contributed by atoms with Crippen LogP contribution in [0.15, 0.2) is 0 Å². The quantitative estimate of drug-likeness (QED) is 0.745. The van der Waals surface area contributed by atoms with Gasteiger partial charge in [0.1, 0.15) is 0 Å². The van der Waals surface area contributed by atoms with Gasteiger partial charge in [-0.25, -0.2) is 0 Å². The molecule has 0 bridgehead atoms. The second-order valence-electron chi connectivity index (χ2n) is 4.64. The molecule has 1 aliphatic rings. The third kappa shape index (κ3) is 2.48. The van der Waals surface area contributed by atoms with Crippen LogP contribution in [0.1, 0.15) is 47.0 Å². The highest BCUT2D eigenvalue weighted by Crippen LogP contribution is 2.21. The van der Waals surface area contributed by atoms with Gasteiger partial charge in [-0.3, -0.25) is 4.90 Å². The summed E-state index contributed by atoms with van der Waals surface area (Å²) in [5.41, 5.74) is 0.391. The van der Waals surface area contributed by atoms with Gasteiger partial charge in [0.15, 0.2) is 0 Å². The molecule has 0 spiro atoms. The molecule has 1 atom stereocenters. The van der Waals surface area contributed by atoms with E-state index in [1.807, 2.05) is 0 Å². The first kappa shape index (κ1) is 12.0. The van der Waals surface area contributed by atoms with Gasteiger partial charge in [-0.2, -0.15) is 0 Å². The van der Waals surface area contributed by atoms with Crippen LogP contribution in [0.3, 0.4) is 0 Å². The van der Waals surface area contributed by atoms with Crippen molar-refractivity contribution in [1.29, 1.82) is 0 Å². The van der Waals surface area contributed by atoms with Gasteiger partial charge in [0, 0.05) is 31.2 Å². The predicted molar refractivity (Wildman–Crippen MR) is 62.6 cm³/mol. The summed E-state index contributed by atoms with van der Waals surface area (Å²) in [5.74, 6) is 0. The lowest BCUT2D eigenvalue weighted by molar-refractivity contribution is 0.0904. The Bertz CT molecular complexity index is 164. The molecular weight excluding hydrogens is 172 g/mol. The molecule has 14 heavy (non-hydrogen) atoms. The fourth-order valence-corrected chi connectivity index (χ4v) is 2.35. The van der Waals surface area contributed by atoms with Gasteiger partial charge in [-0.05, 0) is 26.2 Å². The standard InChI is InChI=1S/C12H26N2/c1-5-11(4)14-9-8-13-12(6-2,7-3)10-14/h11,13H,5-10H2,1-4H3. The topological polar surface area (TPSA) is 15.3 Å². The summed E-state index contributed by atoms with van der Waals surface area (Å²) < 4.78 is 0. The van der Waals surface area contributed by atoms with E-state index in [4.69, 9.17) is 0 Å². The van der Waals surface area contributed by atoms with Crippen LogP contribution >= 0.6 is 0 Å². The summed E-state index contributed by atoms with van der Waals surface area (Å²) in [5, 5.41) is 3.70. The molecule has 0 aliphatic carbocycles. The molecule has 1 N–H and O–H groups in total. The summed E-state index contributed by atoms with van der Waals surface area (Å²) in [6.07, 6.45) is 3.76. The van der Waals surface area contributed by atoms with Crippen LogP contribution in [0.4, 0.5) is 0 Å². The van der Waals surface area contributed by atoms with Crippen LogP contribution in [-0.2, 0) is 0 Å². The van der Waals surface area contributed by atoms with E-state index in [1.165, 1.54) is 32.4 Å². The van der Waals surface area contributed by atoms with E-state index < -0.39 is 0 Å². The monoisotopic (exact) mass is 198 g/mol. The third-order valence-corrected chi connectivity index (χ3v) is 3.97. The Balaban J connectivity index is 2.58. The second-order valence-corrected chi connectivity index (χ2v) is 4.64. The minimum Gasteiger partial charge on any atom is -0.309 e. The van der Waals surface area contributed by atoms with E-state index in [1.54, 1.807) is 0 Å². The molecule has 1 aliphatic heterocycles. The number of rotatable bonds is 4. The van der Waals surface area contributed by atoms with E-state index in [-0.39, 0.29) is 0 Å². The highest BCUT2D eigenvalue weighted by atomic mass is 15.2. The SMILES string of the molecule is CCC(C)N1CCNC(CC)(CC)C1. The fourth-order valence-electron chi connectivity index (χ4n) is 2.35. The van der Waals surface area contributed by atoms with Gasteiger partial charge in [-0.15, -0.1) is 0 Å². The number of nitrogens with zero attached hydrogens (tertiary/aromatic N) is 1. The van der Waals surface area contributed by atoms with Crippen molar-refractivity contribution in [2.75, 3.05) is 19.6 Å². The van der Waals surface area contributed by atoms with Crippen molar-refractivity contribution in [3.05, 3.63) is 0 Å². The summed E-state index contributed by atoms with van der Waals surface area (Å²) in [6.45, 7) is 12.8. The molecule has 1 unspecified atom stereocenters. The van der Waals surface area contributed by atoms with Crippen LogP contribution in [0.25, 0.3) is 0 Å². The number of hydrogen-bond donors (Lipinski definition) is 1. The normalized spacial score (nSPS) is 24.9. The van der Waals surface area contributed by atoms with E-state index >= 15 is 0 Å². The van der Waals surface area contributed by atoms with Gasteiger partial charge in [0.2, 0.25) is 0 Å². The van der Waals surface area contributed by atoms with E-state index in [9.17, 15) is 0 Å². The van der Waals surface area contributed by atoms with Crippen molar-refractivity contribution in [3.63, 3.8) is 0 Å². The molecule has 2 nitrogen and oxygen atoms in total. The molecule has 0 radical (unpaired) electrons. The Hall–Kier alpha value is -0.0800. The van der Waals surface area contributed by atoms with Gasteiger partial charge in [-0.1, -0.05) is 20.8 Å². The Morgan fingerprint density at radius 1 is 1.29 bits per heavy atom. The molecule has 0 amide bonds. The summed E-state index contributed by atoms with van der Waals surface area (Å²) >= 11 is 0. The van der Waals surface area contributed by atoms with Crippen LogP contribution < -0.4 is 5.32 Å². The highest BCUT2D eigenvalue weighted by Gasteiger charge is 2.32. The minimum absolute atomic E-state index is 0.391. The highest BCUT2D eigenvalue weighted by molar-refractivity contribution is 4.93. The number of nitrogens with one attached hydrogen (secondary N) is 1. The van der Waals surface area contributed by atoms with Crippen molar-refractivity contribution < 1.29 is 0 Å². The number of hydrogen-bond acceptors (Lipinski definition) is 2. The largest absolute Gasteiger partial charge is 0.309 e. The van der Waals surface area contributed by atoms with E-state index in [0.29, 0.717) is 5.54 Å². The predicted octanol–water partition coefficient (Wildman–Crippen LogP) is 2.25. The number of piperazine rings is 1. The van der Waals surface area contributed by atoms with Crippen molar-refractivity contribution in [1.82, 2.24) is 10.2 Å². The van der Waals surface area contributed by atoms with Gasteiger partial charge < -0.3 is 5.32 Å². The maximum Gasteiger partial charge on any atom is 0.0304 e. The second kappa shape index (κ2) is 5.13. The molecule has 0 saturated carbocycles. The zero-order chi connectivity index (χ0) is 10.6. The van der Waals surface area contributed by atoms with Crippen LogP contribution in [0, 0.1) is 0 Å². The molecule has 84 valence electrons. The van der Waals surface area contributed by atoms with Crippen LogP contribution in [-0.4, -0.2) is 36.1 Å². The molecule has 1 fully saturated rings. The summed E-state index contributed by atoms with van der Waals surface area (Å²) in [7, 11) is 0. The molecule has 0 aromatic carbocycles. The van der Waals surface area contributed by atoms with Gasteiger partial charge in [0.25, 0.3) is 0 Å². The van der Waals surface area contributed by atoms with Gasteiger partial charge in [0.05, 0.1) is 0 Å². The van der Waals surface area contributed by atoms with Crippen molar-refractivity contribution in [3.8, 4) is 0 Å². The third-order valence-electron chi connectivity index (χ3n) is 3.97. The molecule has 1 rings (SSSR count). The molecule has 1 saturated heterocycles. The zero-order valence-electron chi connectivity index (χ0n) is 10.3. The Morgan fingerprint density at radius 3 is 2.43 bits per heavy atom. The minimum atomic E-state index is 0.391. The first-order valence-electron chi connectivity index (χ1n) is 6.16.